The second kappa shape index (κ2) is 4.47. The molecule has 0 bridgehead atoms. The Morgan fingerprint density at radius 1 is 1.47 bits per heavy atom. The summed E-state index contributed by atoms with van der Waals surface area (Å²) in [5, 5.41) is 17.9. The van der Waals surface area contributed by atoms with Gasteiger partial charge in [0.05, 0.1) is 25.2 Å². The van der Waals surface area contributed by atoms with Gasteiger partial charge >= 0.3 is 5.97 Å². The number of hydrogen-bond donors (Lipinski definition) is 2. The van der Waals surface area contributed by atoms with Crippen molar-refractivity contribution in [1.29, 1.82) is 0 Å². The average Bonchev–Trinajstić information content (AvgIpc) is 2.15. The van der Waals surface area contributed by atoms with Gasteiger partial charge in [-0.05, 0) is 12.8 Å². The lowest BCUT2D eigenvalue weighted by Crippen LogP contribution is -2.56. The van der Waals surface area contributed by atoms with Crippen LogP contribution in [0.4, 0.5) is 0 Å². The van der Waals surface area contributed by atoms with Crippen LogP contribution in [0.2, 0.25) is 0 Å². The molecule has 0 aromatic heterocycles. The topological polar surface area (TPSA) is 70.0 Å². The normalized spacial score (nSPS) is 37.3. The smallest absolute Gasteiger partial charge is 0.308 e. The fourth-order valence-electron chi connectivity index (χ4n) is 2.36. The second-order valence-electron chi connectivity index (χ2n) is 4.26. The third kappa shape index (κ3) is 2.14. The summed E-state index contributed by atoms with van der Waals surface area (Å²) in [5.41, 5.74) is 0. The first-order chi connectivity index (χ1) is 7.22. The number of morpholine rings is 1. The summed E-state index contributed by atoms with van der Waals surface area (Å²) in [7, 11) is 0. The fourth-order valence-corrected chi connectivity index (χ4v) is 2.36. The Balaban J connectivity index is 1.90. The van der Waals surface area contributed by atoms with Gasteiger partial charge in [0.15, 0.2) is 0 Å². The highest BCUT2D eigenvalue weighted by molar-refractivity contribution is 5.72. The fraction of sp³-hybridized carbons (Fsp3) is 0.900. The lowest BCUT2D eigenvalue weighted by Gasteiger charge is -2.45. The summed E-state index contributed by atoms with van der Waals surface area (Å²) in [5.74, 6) is -0.916. The maximum atomic E-state index is 10.9. The first-order valence-electron chi connectivity index (χ1n) is 5.41. The van der Waals surface area contributed by atoms with Crippen molar-refractivity contribution in [3.8, 4) is 0 Å². The van der Waals surface area contributed by atoms with Gasteiger partial charge in [0.25, 0.3) is 0 Å². The summed E-state index contributed by atoms with van der Waals surface area (Å²) in [6.07, 6.45) is 1.59. The number of aliphatic carboxylic acids is 1. The van der Waals surface area contributed by atoms with E-state index in [0.29, 0.717) is 13.2 Å². The molecule has 5 heteroatoms. The monoisotopic (exact) mass is 215 g/mol. The molecule has 1 aliphatic carbocycles. The number of carbonyl (C=O) groups is 1. The van der Waals surface area contributed by atoms with Crippen LogP contribution in [0.15, 0.2) is 0 Å². The number of carboxylic acid groups (broad SMARTS) is 1. The Labute approximate surface area is 88.6 Å². The van der Waals surface area contributed by atoms with Crippen LogP contribution in [0.25, 0.3) is 0 Å². The number of hydrogen-bond acceptors (Lipinski definition) is 4. The van der Waals surface area contributed by atoms with E-state index in [1.807, 2.05) is 0 Å². The molecule has 3 unspecified atom stereocenters. The van der Waals surface area contributed by atoms with Crippen LogP contribution in [-0.4, -0.2) is 59.5 Å². The van der Waals surface area contributed by atoms with Crippen molar-refractivity contribution in [2.24, 2.45) is 5.92 Å². The molecule has 0 radical (unpaired) electrons. The lowest BCUT2D eigenvalue weighted by atomic mass is 9.78. The molecule has 0 spiro atoms. The molecule has 3 atom stereocenters. The molecule has 0 aromatic rings. The minimum atomic E-state index is -0.696. The molecule has 1 heterocycles. The molecule has 2 N–H and O–H groups in total. The quantitative estimate of drug-likeness (QED) is 0.667. The number of carboxylic acids is 1. The van der Waals surface area contributed by atoms with E-state index in [9.17, 15) is 4.79 Å². The van der Waals surface area contributed by atoms with Crippen LogP contribution in [0.3, 0.4) is 0 Å². The second-order valence-corrected chi connectivity index (χ2v) is 4.26. The maximum absolute atomic E-state index is 10.9. The lowest BCUT2D eigenvalue weighted by molar-refractivity contribution is -0.152. The van der Waals surface area contributed by atoms with Crippen molar-refractivity contribution >= 4 is 5.97 Å². The molecule has 5 nitrogen and oxygen atoms in total. The molecule has 86 valence electrons. The zero-order valence-corrected chi connectivity index (χ0v) is 8.63. The molecule has 2 aliphatic rings. The summed E-state index contributed by atoms with van der Waals surface area (Å²) in [6, 6.07) is 0.153. The molecule has 2 fully saturated rings. The van der Waals surface area contributed by atoms with E-state index in [-0.39, 0.29) is 24.7 Å². The number of aliphatic hydroxyl groups excluding tert-OH is 1. The van der Waals surface area contributed by atoms with E-state index in [4.69, 9.17) is 14.9 Å². The van der Waals surface area contributed by atoms with E-state index in [1.54, 1.807) is 0 Å². The molecule has 0 amide bonds. The minimum absolute atomic E-state index is 0.0148. The van der Waals surface area contributed by atoms with E-state index < -0.39 is 5.97 Å². The SMILES string of the molecule is O=C(O)C1CCC1N1CCOC(CO)C1. The first-order valence-corrected chi connectivity index (χ1v) is 5.41. The molecular formula is C10H17NO4. The van der Waals surface area contributed by atoms with Gasteiger partial charge in [-0.1, -0.05) is 0 Å². The highest BCUT2D eigenvalue weighted by Crippen LogP contribution is 2.33. The predicted molar refractivity (Wildman–Crippen MR) is 52.5 cm³/mol. The Hall–Kier alpha value is -0.650. The van der Waals surface area contributed by atoms with Crippen LogP contribution in [0.1, 0.15) is 12.8 Å². The van der Waals surface area contributed by atoms with E-state index in [1.165, 1.54) is 0 Å². The first kappa shape index (κ1) is 10.9. The Kier molecular flexibility index (Phi) is 3.23. The highest BCUT2D eigenvalue weighted by atomic mass is 16.5. The van der Waals surface area contributed by atoms with Crippen molar-refractivity contribution in [3.63, 3.8) is 0 Å². The van der Waals surface area contributed by atoms with Gasteiger partial charge in [-0.2, -0.15) is 0 Å². The van der Waals surface area contributed by atoms with Crippen LogP contribution >= 0.6 is 0 Å². The third-order valence-electron chi connectivity index (χ3n) is 3.40. The molecule has 1 aliphatic heterocycles. The highest BCUT2D eigenvalue weighted by Gasteiger charge is 2.41. The van der Waals surface area contributed by atoms with Crippen molar-refractivity contribution in [2.45, 2.75) is 25.0 Å². The summed E-state index contributed by atoms with van der Waals surface area (Å²) >= 11 is 0. The van der Waals surface area contributed by atoms with Crippen molar-refractivity contribution in [1.82, 2.24) is 4.90 Å². The summed E-state index contributed by atoms with van der Waals surface area (Å²) in [6.45, 7) is 2.05. The molecule has 15 heavy (non-hydrogen) atoms. The third-order valence-corrected chi connectivity index (χ3v) is 3.40. The van der Waals surface area contributed by atoms with Gasteiger partial charge in [0, 0.05) is 19.1 Å². The van der Waals surface area contributed by atoms with Crippen LogP contribution in [-0.2, 0) is 9.53 Å². The van der Waals surface area contributed by atoms with Crippen molar-refractivity contribution in [2.75, 3.05) is 26.3 Å². The zero-order chi connectivity index (χ0) is 10.8. The van der Waals surface area contributed by atoms with E-state index in [2.05, 4.69) is 4.90 Å². The zero-order valence-electron chi connectivity index (χ0n) is 8.63. The molecule has 1 saturated heterocycles. The number of ether oxygens (including phenoxy) is 1. The van der Waals surface area contributed by atoms with Gasteiger partial charge in [0.1, 0.15) is 0 Å². The maximum Gasteiger partial charge on any atom is 0.308 e. The number of rotatable bonds is 3. The van der Waals surface area contributed by atoms with Crippen LogP contribution in [0, 0.1) is 5.92 Å². The standard InChI is InChI=1S/C10H17NO4/c12-6-7-5-11(3-4-15-7)9-2-1-8(9)10(13)14/h7-9,12H,1-6H2,(H,13,14). The Bertz CT molecular complexity index is 246. The van der Waals surface area contributed by atoms with Gasteiger partial charge in [-0.3, -0.25) is 9.69 Å². The van der Waals surface area contributed by atoms with Crippen molar-refractivity contribution in [3.05, 3.63) is 0 Å². The van der Waals surface area contributed by atoms with Crippen molar-refractivity contribution < 1.29 is 19.7 Å². The number of aliphatic hydroxyl groups is 1. The largest absolute Gasteiger partial charge is 0.481 e. The van der Waals surface area contributed by atoms with E-state index >= 15 is 0 Å². The van der Waals surface area contributed by atoms with Gasteiger partial charge < -0.3 is 14.9 Å². The average molecular weight is 215 g/mol. The molecule has 2 rings (SSSR count). The molecule has 1 saturated carbocycles. The van der Waals surface area contributed by atoms with Gasteiger partial charge in [0.2, 0.25) is 0 Å². The Morgan fingerprint density at radius 3 is 2.80 bits per heavy atom. The van der Waals surface area contributed by atoms with Crippen LogP contribution in [0.5, 0.6) is 0 Å². The van der Waals surface area contributed by atoms with E-state index in [0.717, 1.165) is 19.4 Å². The minimum Gasteiger partial charge on any atom is -0.481 e. The molecule has 0 aromatic carbocycles. The summed E-state index contributed by atoms with van der Waals surface area (Å²) in [4.78, 5) is 13.0. The number of nitrogens with zero attached hydrogens (tertiary/aromatic N) is 1. The van der Waals surface area contributed by atoms with Gasteiger partial charge in [-0.25, -0.2) is 0 Å². The predicted octanol–water partition coefficient (Wildman–Crippen LogP) is -0.457. The summed E-state index contributed by atoms with van der Waals surface area (Å²) < 4.78 is 5.33. The Morgan fingerprint density at radius 2 is 2.27 bits per heavy atom. The van der Waals surface area contributed by atoms with Crippen LogP contribution < -0.4 is 0 Å². The van der Waals surface area contributed by atoms with Gasteiger partial charge in [-0.15, -0.1) is 0 Å². The molecular weight excluding hydrogens is 198 g/mol.